The fraction of sp³-hybridized carbons (Fsp3) is 0.0811. The summed E-state index contributed by atoms with van der Waals surface area (Å²) in [6.45, 7) is 0.102. The summed E-state index contributed by atoms with van der Waals surface area (Å²) in [5, 5.41) is 14.5. The van der Waals surface area contributed by atoms with E-state index < -0.39 is 11.6 Å². The second-order valence-corrected chi connectivity index (χ2v) is 12.4. The van der Waals surface area contributed by atoms with Gasteiger partial charge in [-0.05, 0) is 41.0 Å². The molecule has 0 aliphatic carbocycles. The van der Waals surface area contributed by atoms with E-state index >= 15 is 4.39 Å². The van der Waals surface area contributed by atoms with E-state index in [2.05, 4.69) is 30.5 Å². The summed E-state index contributed by atoms with van der Waals surface area (Å²) in [5.74, 6) is -0.528. The number of nitrogens with one attached hydrogen (secondary N) is 2. The van der Waals surface area contributed by atoms with E-state index in [1.54, 1.807) is 94.5 Å². The highest BCUT2D eigenvalue weighted by Gasteiger charge is 2.20. The molecule has 54 heavy (non-hydrogen) atoms. The Morgan fingerprint density at radius 2 is 1.44 bits per heavy atom. The molecule has 6 aromatic heterocycles. The minimum Gasteiger partial charge on any atom is -0.366 e. The predicted molar refractivity (Wildman–Crippen MR) is 192 cm³/mol. The number of imidazole rings is 2. The van der Waals surface area contributed by atoms with Gasteiger partial charge in [-0.2, -0.15) is 9.97 Å². The molecule has 0 amide bonds. The summed E-state index contributed by atoms with van der Waals surface area (Å²) in [6.07, 6.45) is 10.4. The Morgan fingerprint density at radius 1 is 0.741 bits per heavy atom. The SMILES string of the molecule is Nc1n[nH]c(-c2cn3ccnc3c(Cc3cccc(Nc4nc(-c5cn6ccnc6c(Cc6ccccc6F)n5)nn4Cc4cccc(F)c4)c3F)n2)n1. The largest absolute Gasteiger partial charge is 0.366 e. The zero-order valence-corrected chi connectivity index (χ0v) is 28.1. The Balaban J connectivity index is 1.09. The number of H-pyrrole nitrogens is 1. The van der Waals surface area contributed by atoms with Crippen LogP contribution < -0.4 is 11.1 Å². The molecule has 6 heterocycles. The number of aromatic amines is 1. The molecular formula is C37H27F3N14. The highest BCUT2D eigenvalue weighted by Crippen LogP contribution is 2.28. The molecule has 9 aromatic rings. The van der Waals surface area contributed by atoms with Gasteiger partial charge in [0.2, 0.25) is 17.7 Å². The first-order valence-electron chi connectivity index (χ1n) is 16.7. The number of aromatic nitrogens is 12. The van der Waals surface area contributed by atoms with Crippen molar-refractivity contribution in [3.8, 4) is 23.0 Å². The molecule has 3 aromatic carbocycles. The molecular weight excluding hydrogens is 697 g/mol. The van der Waals surface area contributed by atoms with E-state index in [9.17, 15) is 8.78 Å². The molecule has 0 saturated heterocycles. The lowest BCUT2D eigenvalue weighted by Gasteiger charge is -2.12. The maximum Gasteiger partial charge on any atom is 0.239 e. The quantitative estimate of drug-likeness (QED) is 0.157. The van der Waals surface area contributed by atoms with Crippen LogP contribution in [0.4, 0.5) is 30.8 Å². The molecule has 0 atom stereocenters. The van der Waals surface area contributed by atoms with Crippen LogP contribution in [0.25, 0.3) is 34.3 Å². The lowest BCUT2D eigenvalue weighted by molar-refractivity contribution is 0.613. The van der Waals surface area contributed by atoms with Gasteiger partial charge in [0.1, 0.15) is 28.8 Å². The number of rotatable bonds is 10. The number of fused-ring (bicyclic) bond motifs is 2. The van der Waals surface area contributed by atoms with Gasteiger partial charge in [0.15, 0.2) is 17.1 Å². The number of anilines is 3. The van der Waals surface area contributed by atoms with E-state index in [4.69, 9.17) is 25.8 Å². The molecule has 9 rings (SSSR count). The number of halogens is 3. The molecule has 266 valence electrons. The molecule has 0 radical (unpaired) electrons. The number of nitrogen functional groups attached to an aromatic ring is 1. The fourth-order valence-corrected chi connectivity index (χ4v) is 6.24. The van der Waals surface area contributed by atoms with Crippen molar-refractivity contribution < 1.29 is 13.2 Å². The molecule has 0 fully saturated rings. The lowest BCUT2D eigenvalue weighted by atomic mass is 10.1. The van der Waals surface area contributed by atoms with Crippen molar-refractivity contribution in [3.63, 3.8) is 0 Å². The van der Waals surface area contributed by atoms with Gasteiger partial charge in [0, 0.05) is 50.0 Å². The van der Waals surface area contributed by atoms with Crippen LogP contribution in [-0.4, -0.2) is 58.7 Å². The highest BCUT2D eigenvalue weighted by molar-refractivity contribution is 5.62. The van der Waals surface area contributed by atoms with Crippen molar-refractivity contribution in [2.75, 3.05) is 11.1 Å². The van der Waals surface area contributed by atoms with Gasteiger partial charge >= 0.3 is 0 Å². The van der Waals surface area contributed by atoms with E-state index in [0.29, 0.717) is 56.6 Å². The Hall–Kier alpha value is -7.43. The minimum absolute atomic E-state index is 0.0679. The zero-order valence-electron chi connectivity index (χ0n) is 28.1. The van der Waals surface area contributed by atoms with Gasteiger partial charge < -0.3 is 19.9 Å². The first-order chi connectivity index (χ1) is 26.3. The van der Waals surface area contributed by atoms with E-state index in [1.165, 1.54) is 22.9 Å². The summed E-state index contributed by atoms with van der Waals surface area (Å²) in [6, 6.07) is 17.5. The van der Waals surface area contributed by atoms with Gasteiger partial charge in [-0.15, -0.1) is 10.2 Å². The lowest BCUT2D eigenvalue weighted by Crippen LogP contribution is -2.09. The summed E-state index contributed by atoms with van der Waals surface area (Å²) >= 11 is 0. The smallest absolute Gasteiger partial charge is 0.239 e. The van der Waals surface area contributed by atoms with Crippen LogP contribution in [0.2, 0.25) is 0 Å². The standard InChI is InChI=1S/C37H27F3N14/c38-24-8-3-5-21(15-24)18-54-37(48-33(51-54)30-20-53-14-12-42-34(53)27(45-30)16-22-6-1-2-9-25(22)39)46-26-10-4-7-23(31(26)40)17-28-35-43-11-13-52(35)19-29(44-28)32-47-36(41)50-49-32/h1-15,19-20H,16-18H2,(H,46,48,51)(H3,41,47,49,50). The van der Waals surface area contributed by atoms with Gasteiger partial charge in [0.05, 0.1) is 23.6 Å². The maximum absolute atomic E-state index is 16.4. The van der Waals surface area contributed by atoms with Gasteiger partial charge in [-0.3, -0.25) is 5.10 Å². The van der Waals surface area contributed by atoms with Gasteiger partial charge in [-0.25, -0.2) is 37.8 Å². The summed E-state index contributed by atoms with van der Waals surface area (Å²) in [7, 11) is 0. The Morgan fingerprint density at radius 3 is 2.19 bits per heavy atom. The molecule has 0 saturated carbocycles. The Kier molecular flexibility index (Phi) is 7.99. The predicted octanol–water partition coefficient (Wildman–Crippen LogP) is 5.79. The maximum atomic E-state index is 16.4. The number of hydrogen-bond acceptors (Lipinski definition) is 10. The van der Waals surface area contributed by atoms with Crippen molar-refractivity contribution in [1.82, 2.24) is 58.7 Å². The van der Waals surface area contributed by atoms with Crippen LogP contribution in [0.15, 0.2) is 104 Å². The second kappa shape index (κ2) is 13.3. The van der Waals surface area contributed by atoms with Crippen molar-refractivity contribution in [3.05, 3.63) is 149 Å². The van der Waals surface area contributed by atoms with Crippen LogP contribution in [0.3, 0.4) is 0 Å². The number of nitrogens with zero attached hydrogens (tertiary/aromatic N) is 11. The second-order valence-electron chi connectivity index (χ2n) is 12.4. The normalized spacial score (nSPS) is 11.5. The Bertz CT molecular complexity index is 2820. The van der Waals surface area contributed by atoms with E-state index in [-0.39, 0.29) is 48.6 Å². The number of benzene rings is 3. The third kappa shape index (κ3) is 6.23. The van der Waals surface area contributed by atoms with Crippen LogP contribution in [0, 0.1) is 17.5 Å². The molecule has 14 nitrogen and oxygen atoms in total. The first-order valence-corrected chi connectivity index (χ1v) is 16.7. The summed E-state index contributed by atoms with van der Waals surface area (Å²) in [5.41, 5.74) is 10.1. The average Bonchev–Trinajstić information content (AvgIpc) is 3.99. The van der Waals surface area contributed by atoms with Crippen LogP contribution in [0.5, 0.6) is 0 Å². The van der Waals surface area contributed by atoms with Crippen LogP contribution in [-0.2, 0) is 19.4 Å². The molecule has 0 unspecified atom stereocenters. The van der Waals surface area contributed by atoms with E-state index in [0.717, 1.165) is 0 Å². The summed E-state index contributed by atoms with van der Waals surface area (Å²) in [4.78, 5) is 27.3. The fourth-order valence-electron chi connectivity index (χ4n) is 6.24. The molecule has 0 aliphatic rings. The van der Waals surface area contributed by atoms with Gasteiger partial charge in [-0.1, -0.05) is 42.5 Å². The van der Waals surface area contributed by atoms with Crippen molar-refractivity contribution in [2.24, 2.45) is 0 Å². The van der Waals surface area contributed by atoms with Crippen LogP contribution >= 0.6 is 0 Å². The highest BCUT2D eigenvalue weighted by atomic mass is 19.1. The topological polar surface area (TPSA) is 171 Å². The van der Waals surface area contributed by atoms with Gasteiger partial charge in [0.25, 0.3) is 0 Å². The molecule has 17 heteroatoms. The molecule has 0 bridgehead atoms. The molecule has 0 spiro atoms. The monoisotopic (exact) mass is 724 g/mol. The number of hydrogen-bond donors (Lipinski definition) is 3. The minimum atomic E-state index is -0.551. The number of nitrogens with two attached hydrogens (primary N) is 1. The molecule has 4 N–H and O–H groups in total. The third-order valence-corrected chi connectivity index (χ3v) is 8.75. The summed E-state index contributed by atoms with van der Waals surface area (Å²) < 4.78 is 50.4. The first kappa shape index (κ1) is 32.5. The third-order valence-electron chi connectivity index (χ3n) is 8.75. The Labute approximate surface area is 303 Å². The van der Waals surface area contributed by atoms with Crippen molar-refractivity contribution in [2.45, 2.75) is 19.4 Å². The molecule has 0 aliphatic heterocycles. The average molecular weight is 725 g/mol. The van der Waals surface area contributed by atoms with Crippen LogP contribution in [0.1, 0.15) is 28.1 Å². The van der Waals surface area contributed by atoms with Crippen molar-refractivity contribution >= 4 is 28.9 Å². The van der Waals surface area contributed by atoms with Crippen molar-refractivity contribution in [1.29, 1.82) is 0 Å². The zero-order chi connectivity index (χ0) is 36.8. The van der Waals surface area contributed by atoms with E-state index in [1.807, 2.05) is 0 Å².